The summed E-state index contributed by atoms with van der Waals surface area (Å²) in [5, 5.41) is 1.64. The zero-order chi connectivity index (χ0) is 16.3. The average molecular weight is 318 g/mol. The van der Waals surface area contributed by atoms with Crippen LogP contribution in [0.25, 0.3) is 11.3 Å². The molecule has 0 aromatic carbocycles. The maximum atomic E-state index is 12.7. The first-order valence-electron chi connectivity index (χ1n) is 7.10. The number of aryl methyl sites for hydroxylation is 1. The van der Waals surface area contributed by atoms with Crippen LogP contribution >= 0.6 is 11.8 Å². The number of aromatic nitrogens is 3. The largest absolute Gasteiger partial charge is 0.272 e. The Morgan fingerprint density at radius 3 is 2.77 bits per heavy atom. The smallest absolute Gasteiger partial charge is 0.247 e. The lowest BCUT2D eigenvalue weighted by molar-refractivity contribution is -0.126. The molecule has 0 fully saturated rings. The zero-order valence-corrected chi connectivity index (χ0v) is 14.5. The summed E-state index contributed by atoms with van der Waals surface area (Å²) in [5.41, 5.74) is 1.33. The summed E-state index contributed by atoms with van der Waals surface area (Å²) >= 11 is 1.68. The molecule has 0 unspecified atom stereocenters. The molecule has 118 valence electrons. The molecule has 5 nitrogen and oxygen atoms in total. The van der Waals surface area contributed by atoms with Crippen molar-refractivity contribution in [2.45, 2.75) is 20.8 Å². The molecular weight excluding hydrogens is 296 g/mol. The Bertz CT molecular complexity index is 651. The van der Waals surface area contributed by atoms with Crippen LogP contribution < -0.4 is 5.01 Å². The van der Waals surface area contributed by atoms with E-state index in [1.54, 1.807) is 40.9 Å². The lowest BCUT2D eigenvalue weighted by atomic mass is 9.95. The summed E-state index contributed by atoms with van der Waals surface area (Å²) in [4.78, 5) is 21.4. The molecule has 2 heterocycles. The number of imidazole rings is 1. The topological polar surface area (TPSA) is 51.0 Å². The van der Waals surface area contributed by atoms with Crippen LogP contribution in [0, 0.1) is 12.3 Å². The molecule has 1 amide bonds. The van der Waals surface area contributed by atoms with Gasteiger partial charge in [-0.25, -0.2) is 9.66 Å². The van der Waals surface area contributed by atoms with Crippen molar-refractivity contribution in [2.75, 3.05) is 24.1 Å². The molecule has 2 rings (SSSR count). The van der Waals surface area contributed by atoms with Crippen LogP contribution in [0.4, 0.5) is 0 Å². The minimum atomic E-state index is -0.417. The predicted octanol–water partition coefficient (Wildman–Crippen LogP) is 2.74. The van der Waals surface area contributed by atoms with Gasteiger partial charge >= 0.3 is 0 Å². The second-order valence-corrected chi connectivity index (χ2v) is 6.77. The van der Waals surface area contributed by atoms with E-state index in [-0.39, 0.29) is 5.91 Å². The molecule has 22 heavy (non-hydrogen) atoms. The van der Waals surface area contributed by atoms with Crippen molar-refractivity contribution < 1.29 is 4.79 Å². The van der Waals surface area contributed by atoms with Gasteiger partial charge in [-0.2, -0.15) is 11.8 Å². The number of amides is 1. The van der Waals surface area contributed by atoms with Crippen LogP contribution in [0.15, 0.2) is 30.7 Å². The number of hydrogen-bond donors (Lipinski definition) is 0. The van der Waals surface area contributed by atoms with E-state index in [4.69, 9.17) is 0 Å². The van der Waals surface area contributed by atoms with Gasteiger partial charge in [-0.15, -0.1) is 0 Å². The number of carbonyl (C=O) groups excluding carboxylic acids is 1. The molecule has 0 N–H and O–H groups in total. The Hall–Kier alpha value is -1.82. The molecule has 0 aliphatic rings. The first-order chi connectivity index (χ1) is 10.4. The molecule has 2 aromatic rings. The normalized spacial score (nSPS) is 11.5. The first kappa shape index (κ1) is 16.5. The minimum Gasteiger partial charge on any atom is -0.272 e. The molecule has 0 aliphatic heterocycles. The number of nitrogens with zero attached hydrogens (tertiary/aromatic N) is 4. The van der Waals surface area contributed by atoms with Crippen LogP contribution in [0.3, 0.4) is 0 Å². The summed E-state index contributed by atoms with van der Waals surface area (Å²) in [6, 6.07) is 3.83. The standard InChI is InChI=1S/C16H22N4OS/c1-12-18-14(13-7-6-8-17-9-13)10-20(12)19(4)15(21)16(2,3)11-22-5/h6-10H,11H2,1-5H3. The van der Waals surface area contributed by atoms with Gasteiger partial charge in [0.25, 0.3) is 0 Å². The molecule has 0 spiro atoms. The molecule has 0 saturated carbocycles. The van der Waals surface area contributed by atoms with Gasteiger partial charge in [-0.05, 0) is 25.3 Å². The molecule has 0 aliphatic carbocycles. The molecular formula is C16H22N4OS. The van der Waals surface area contributed by atoms with Crippen LogP contribution in [0.5, 0.6) is 0 Å². The Morgan fingerprint density at radius 1 is 1.45 bits per heavy atom. The molecule has 6 heteroatoms. The van der Waals surface area contributed by atoms with Crippen molar-refractivity contribution in [3.8, 4) is 11.3 Å². The third-order valence-corrected chi connectivity index (χ3v) is 4.53. The van der Waals surface area contributed by atoms with E-state index < -0.39 is 5.41 Å². The maximum absolute atomic E-state index is 12.7. The Labute approximate surface area is 135 Å². The van der Waals surface area contributed by atoms with E-state index >= 15 is 0 Å². The molecule has 2 aromatic heterocycles. The van der Waals surface area contributed by atoms with Crippen LogP contribution in [-0.4, -0.2) is 39.6 Å². The number of carbonyl (C=O) groups is 1. The minimum absolute atomic E-state index is 0.0695. The van der Waals surface area contributed by atoms with Gasteiger partial charge in [0.1, 0.15) is 5.82 Å². The third-order valence-electron chi connectivity index (χ3n) is 3.52. The molecule has 0 atom stereocenters. The lowest BCUT2D eigenvalue weighted by Gasteiger charge is -2.29. The van der Waals surface area contributed by atoms with Gasteiger partial charge in [0.2, 0.25) is 5.91 Å². The van der Waals surface area contributed by atoms with Gasteiger partial charge < -0.3 is 0 Å². The van der Waals surface area contributed by atoms with E-state index in [1.807, 2.05) is 45.4 Å². The van der Waals surface area contributed by atoms with E-state index in [9.17, 15) is 4.79 Å². The van der Waals surface area contributed by atoms with E-state index in [0.29, 0.717) is 0 Å². The second kappa shape index (κ2) is 6.52. The van der Waals surface area contributed by atoms with Crippen LogP contribution in [0.1, 0.15) is 19.7 Å². The summed E-state index contributed by atoms with van der Waals surface area (Å²) in [6.07, 6.45) is 7.39. The second-order valence-electron chi connectivity index (χ2n) is 5.91. The van der Waals surface area contributed by atoms with Crippen molar-refractivity contribution in [1.82, 2.24) is 14.6 Å². The molecule has 0 bridgehead atoms. The van der Waals surface area contributed by atoms with Crippen molar-refractivity contribution >= 4 is 17.7 Å². The fourth-order valence-electron chi connectivity index (χ4n) is 2.38. The quantitative estimate of drug-likeness (QED) is 0.850. The van der Waals surface area contributed by atoms with Gasteiger partial charge in [0.05, 0.1) is 17.3 Å². The SMILES string of the molecule is CSCC(C)(C)C(=O)N(C)n1cc(-c2cccnc2)nc1C. The average Bonchev–Trinajstić information content (AvgIpc) is 2.88. The summed E-state index contributed by atoms with van der Waals surface area (Å²) in [6.45, 7) is 5.83. The highest BCUT2D eigenvalue weighted by atomic mass is 32.2. The van der Waals surface area contributed by atoms with Gasteiger partial charge in [0, 0.05) is 30.8 Å². The highest BCUT2D eigenvalue weighted by Crippen LogP contribution is 2.24. The van der Waals surface area contributed by atoms with Crippen molar-refractivity contribution in [3.05, 3.63) is 36.5 Å². The monoisotopic (exact) mass is 318 g/mol. The number of pyridine rings is 1. The molecule has 0 radical (unpaired) electrons. The fourth-order valence-corrected chi connectivity index (χ4v) is 3.22. The predicted molar refractivity (Wildman–Crippen MR) is 91.5 cm³/mol. The third kappa shape index (κ3) is 3.32. The number of rotatable bonds is 5. The van der Waals surface area contributed by atoms with Crippen molar-refractivity contribution in [1.29, 1.82) is 0 Å². The van der Waals surface area contributed by atoms with Crippen molar-refractivity contribution in [2.24, 2.45) is 5.41 Å². The highest BCUT2D eigenvalue weighted by molar-refractivity contribution is 7.98. The number of thioether (sulfide) groups is 1. The summed E-state index contributed by atoms with van der Waals surface area (Å²) in [5.74, 6) is 1.62. The van der Waals surface area contributed by atoms with Crippen molar-refractivity contribution in [3.63, 3.8) is 0 Å². The fraction of sp³-hybridized carbons (Fsp3) is 0.438. The van der Waals surface area contributed by atoms with E-state index in [1.165, 1.54) is 0 Å². The number of hydrogen-bond acceptors (Lipinski definition) is 4. The maximum Gasteiger partial charge on any atom is 0.247 e. The van der Waals surface area contributed by atoms with Gasteiger partial charge in [-0.1, -0.05) is 13.8 Å². The van der Waals surface area contributed by atoms with Gasteiger partial charge in [-0.3, -0.25) is 14.8 Å². The molecule has 0 saturated heterocycles. The summed E-state index contributed by atoms with van der Waals surface area (Å²) < 4.78 is 1.80. The highest BCUT2D eigenvalue weighted by Gasteiger charge is 2.31. The van der Waals surface area contributed by atoms with Crippen LogP contribution in [-0.2, 0) is 4.79 Å². The Balaban J connectivity index is 2.30. The van der Waals surface area contributed by atoms with E-state index in [2.05, 4.69) is 9.97 Å². The van der Waals surface area contributed by atoms with Crippen LogP contribution in [0.2, 0.25) is 0 Å². The first-order valence-corrected chi connectivity index (χ1v) is 8.50. The Morgan fingerprint density at radius 2 is 2.18 bits per heavy atom. The summed E-state index contributed by atoms with van der Waals surface area (Å²) in [7, 11) is 1.78. The Kier molecular flexibility index (Phi) is 4.90. The van der Waals surface area contributed by atoms with Gasteiger partial charge in [0.15, 0.2) is 0 Å². The zero-order valence-electron chi connectivity index (χ0n) is 13.7. The van der Waals surface area contributed by atoms with E-state index in [0.717, 1.165) is 22.8 Å². The lowest BCUT2D eigenvalue weighted by Crippen LogP contribution is -2.46.